The molecule has 2 saturated carbocycles. The van der Waals surface area contributed by atoms with Crippen molar-refractivity contribution in [3.05, 3.63) is 0 Å². The number of ether oxygens (including phenoxy) is 1. The van der Waals surface area contributed by atoms with Crippen LogP contribution in [0.1, 0.15) is 72.1 Å². The van der Waals surface area contributed by atoms with Crippen LogP contribution in [0, 0.1) is 11.3 Å². The van der Waals surface area contributed by atoms with Gasteiger partial charge in [0, 0.05) is 12.6 Å². The minimum Gasteiger partial charge on any atom is -0.378 e. The average Bonchev–Trinajstić information content (AvgIpc) is 3.09. The van der Waals surface area contributed by atoms with Crippen LogP contribution in [0.15, 0.2) is 0 Å². The first-order chi connectivity index (χ1) is 9.05. The van der Waals surface area contributed by atoms with Crippen LogP contribution in [0.3, 0.4) is 0 Å². The molecule has 2 rings (SSSR count). The first kappa shape index (κ1) is 15.3. The maximum atomic E-state index is 6.11. The van der Waals surface area contributed by atoms with Gasteiger partial charge in [-0.2, -0.15) is 0 Å². The Bertz CT molecular complexity index is 260. The maximum Gasteiger partial charge on any atom is 0.0582 e. The zero-order valence-corrected chi connectivity index (χ0v) is 13.2. The van der Waals surface area contributed by atoms with Gasteiger partial charge in [0.2, 0.25) is 0 Å². The van der Waals surface area contributed by atoms with Crippen molar-refractivity contribution in [3.63, 3.8) is 0 Å². The molecule has 0 aromatic heterocycles. The highest BCUT2D eigenvalue weighted by molar-refractivity contribution is 4.83. The highest BCUT2D eigenvalue weighted by Crippen LogP contribution is 2.39. The Hall–Kier alpha value is -0.0800. The Morgan fingerprint density at radius 3 is 2.58 bits per heavy atom. The lowest BCUT2D eigenvalue weighted by molar-refractivity contribution is -0.0240. The van der Waals surface area contributed by atoms with Crippen molar-refractivity contribution in [2.24, 2.45) is 11.3 Å². The van der Waals surface area contributed by atoms with Crippen LogP contribution < -0.4 is 5.32 Å². The van der Waals surface area contributed by atoms with E-state index in [0.29, 0.717) is 11.5 Å². The van der Waals surface area contributed by atoms with Crippen molar-refractivity contribution in [2.75, 3.05) is 13.2 Å². The van der Waals surface area contributed by atoms with Gasteiger partial charge in [-0.1, -0.05) is 20.8 Å². The van der Waals surface area contributed by atoms with Crippen LogP contribution in [-0.4, -0.2) is 25.3 Å². The van der Waals surface area contributed by atoms with E-state index < -0.39 is 0 Å². The van der Waals surface area contributed by atoms with Gasteiger partial charge in [-0.3, -0.25) is 0 Å². The SMILES string of the molecule is CC1CC(OCCCCCNC2CC2)CC(C)(C)C1. The van der Waals surface area contributed by atoms with E-state index in [1.165, 1.54) is 57.9 Å². The van der Waals surface area contributed by atoms with E-state index in [1.54, 1.807) is 0 Å². The van der Waals surface area contributed by atoms with E-state index >= 15 is 0 Å². The number of unbranched alkanes of at least 4 members (excludes halogenated alkanes) is 2. The quantitative estimate of drug-likeness (QED) is 0.667. The lowest BCUT2D eigenvalue weighted by Gasteiger charge is -2.38. The summed E-state index contributed by atoms with van der Waals surface area (Å²) in [6, 6.07) is 0.863. The first-order valence-corrected chi connectivity index (χ1v) is 8.40. The number of hydrogen-bond donors (Lipinski definition) is 1. The molecular formula is C17H33NO. The summed E-state index contributed by atoms with van der Waals surface area (Å²) in [5, 5.41) is 3.57. The maximum absolute atomic E-state index is 6.11. The Morgan fingerprint density at radius 2 is 1.89 bits per heavy atom. The smallest absolute Gasteiger partial charge is 0.0582 e. The van der Waals surface area contributed by atoms with E-state index in [-0.39, 0.29) is 0 Å². The minimum atomic E-state index is 0.483. The second-order valence-corrected chi connectivity index (χ2v) is 7.70. The second kappa shape index (κ2) is 7.08. The zero-order chi connectivity index (χ0) is 13.7. The van der Waals surface area contributed by atoms with E-state index in [0.717, 1.165) is 18.6 Å². The first-order valence-electron chi connectivity index (χ1n) is 8.40. The minimum absolute atomic E-state index is 0.483. The van der Waals surface area contributed by atoms with E-state index in [2.05, 4.69) is 26.1 Å². The summed E-state index contributed by atoms with van der Waals surface area (Å²) in [7, 11) is 0. The normalized spacial score (nSPS) is 30.5. The fraction of sp³-hybridized carbons (Fsp3) is 1.00. The molecule has 2 atom stereocenters. The molecule has 2 aliphatic rings. The molecule has 2 heteroatoms. The third kappa shape index (κ3) is 6.27. The zero-order valence-electron chi connectivity index (χ0n) is 13.2. The predicted octanol–water partition coefficient (Wildman–Crippen LogP) is 4.14. The Kier molecular flexibility index (Phi) is 5.70. The molecule has 0 saturated heterocycles. The van der Waals surface area contributed by atoms with Gasteiger partial charge in [-0.05, 0) is 69.2 Å². The van der Waals surface area contributed by atoms with Crippen LogP contribution in [0.5, 0.6) is 0 Å². The summed E-state index contributed by atoms with van der Waals surface area (Å²) in [5.41, 5.74) is 0.483. The fourth-order valence-electron chi connectivity index (χ4n) is 3.63. The molecule has 0 spiro atoms. The highest BCUT2D eigenvalue weighted by atomic mass is 16.5. The lowest BCUT2D eigenvalue weighted by Crippen LogP contribution is -2.32. The molecular weight excluding hydrogens is 234 g/mol. The highest BCUT2D eigenvalue weighted by Gasteiger charge is 2.32. The molecule has 0 amide bonds. The topological polar surface area (TPSA) is 21.3 Å². The van der Waals surface area contributed by atoms with E-state index in [1.807, 2.05) is 0 Å². The van der Waals surface area contributed by atoms with Crippen LogP contribution in [-0.2, 0) is 4.74 Å². The number of rotatable bonds is 8. The van der Waals surface area contributed by atoms with Crippen LogP contribution >= 0.6 is 0 Å². The third-order valence-electron chi connectivity index (χ3n) is 4.53. The van der Waals surface area contributed by atoms with Gasteiger partial charge in [-0.15, -0.1) is 0 Å². The van der Waals surface area contributed by atoms with Crippen LogP contribution in [0.4, 0.5) is 0 Å². The molecule has 2 aliphatic carbocycles. The standard InChI is InChI=1S/C17H33NO/c1-14-11-16(13-17(2,3)12-14)19-10-6-4-5-9-18-15-7-8-15/h14-16,18H,4-13H2,1-3H3. The molecule has 0 aliphatic heterocycles. The molecule has 112 valence electrons. The van der Waals surface area contributed by atoms with Crippen molar-refractivity contribution in [1.82, 2.24) is 5.32 Å². The van der Waals surface area contributed by atoms with Gasteiger partial charge in [0.25, 0.3) is 0 Å². The molecule has 0 bridgehead atoms. The van der Waals surface area contributed by atoms with Crippen molar-refractivity contribution in [3.8, 4) is 0 Å². The Labute approximate surface area is 119 Å². The Morgan fingerprint density at radius 1 is 1.11 bits per heavy atom. The molecule has 2 fully saturated rings. The van der Waals surface area contributed by atoms with Gasteiger partial charge < -0.3 is 10.1 Å². The van der Waals surface area contributed by atoms with Crippen molar-refractivity contribution in [2.45, 2.75) is 84.3 Å². The molecule has 2 unspecified atom stereocenters. The summed E-state index contributed by atoms with van der Waals surface area (Å²) in [6.45, 7) is 9.33. The molecule has 0 aromatic carbocycles. The van der Waals surface area contributed by atoms with Crippen molar-refractivity contribution in [1.29, 1.82) is 0 Å². The van der Waals surface area contributed by atoms with Gasteiger partial charge in [-0.25, -0.2) is 0 Å². The van der Waals surface area contributed by atoms with Crippen molar-refractivity contribution < 1.29 is 4.74 Å². The second-order valence-electron chi connectivity index (χ2n) is 7.70. The summed E-state index contributed by atoms with van der Waals surface area (Å²) < 4.78 is 6.11. The van der Waals surface area contributed by atoms with Crippen molar-refractivity contribution >= 4 is 0 Å². The van der Waals surface area contributed by atoms with Gasteiger partial charge in [0.15, 0.2) is 0 Å². The predicted molar refractivity (Wildman–Crippen MR) is 81.4 cm³/mol. The largest absolute Gasteiger partial charge is 0.378 e. The fourth-order valence-corrected chi connectivity index (χ4v) is 3.63. The van der Waals surface area contributed by atoms with E-state index in [4.69, 9.17) is 4.74 Å². The summed E-state index contributed by atoms with van der Waals surface area (Å²) >= 11 is 0. The number of nitrogens with one attached hydrogen (secondary N) is 1. The van der Waals surface area contributed by atoms with Gasteiger partial charge >= 0.3 is 0 Å². The molecule has 0 aromatic rings. The Balaban J connectivity index is 1.47. The molecule has 2 nitrogen and oxygen atoms in total. The number of hydrogen-bond acceptors (Lipinski definition) is 2. The average molecular weight is 267 g/mol. The van der Waals surface area contributed by atoms with Gasteiger partial charge in [0.1, 0.15) is 0 Å². The lowest BCUT2D eigenvalue weighted by atomic mass is 9.71. The summed E-state index contributed by atoms with van der Waals surface area (Å²) in [4.78, 5) is 0. The molecule has 19 heavy (non-hydrogen) atoms. The molecule has 0 heterocycles. The van der Waals surface area contributed by atoms with Crippen LogP contribution in [0.2, 0.25) is 0 Å². The third-order valence-corrected chi connectivity index (χ3v) is 4.53. The molecule has 0 radical (unpaired) electrons. The monoisotopic (exact) mass is 267 g/mol. The van der Waals surface area contributed by atoms with Crippen LogP contribution in [0.25, 0.3) is 0 Å². The van der Waals surface area contributed by atoms with Gasteiger partial charge in [0.05, 0.1) is 6.10 Å². The van der Waals surface area contributed by atoms with E-state index in [9.17, 15) is 0 Å². The summed E-state index contributed by atoms with van der Waals surface area (Å²) in [6.07, 6.45) is 11.1. The molecule has 1 N–H and O–H groups in total. The summed E-state index contributed by atoms with van der Waals surface area (Å²) in [5.74, 6) is 0.830.